The van der Waals surface area contributed by atoms with Gasteiger partial charge >= 0.3 is 5.97 Å². The van der Waals surface area contributed by atoms with Gasteiger partial charge in [0.05, 0.1) is 18.1 Å². The lowest BCUT2D eigenvalue weighted by molar-refractivity contribution is -0.141. The SMILES string of the molecule is C=CCC(CCCCCCC1OC1CCCCCCCC)C(=O)O. The second kappa shape index (κ2) is 13.5. The number of allylic oxidation sites excluding steroid dienone is 1. The van der Waals surface area contributed by atoms with Crippen LogP contribution in [0.15, 0.2) is 12.7 Å². The van der Waals surface area contributed by atoms with Gasteiger partial charge in [-0.25, -0.2) is 0 Å². The van der Waals surface area contributed by atoms with E-state index in [1.165, 1.54) is 64.2 Å². The molecule has 0 bridgehead atoms. The lowest BCUT2D eigenvalue weighted by atomic mass is 9.97. The van der Waals surface area contributed by atoms with Crippen molar-refractivity contribution in [2.45, 2.75) is 109 Å². The van der Waals surface area contributed by atoms with Crippen molar-refractivity contribution in [1.29, 1.82) is 0 Å². The molecule has 0 saturated carbocycles. The molecule has 0 radical (unpaired) electrons. The van der Waals surface area contributed by atoms with E-state index in [2.05, 4.69) is 13.5 Å². The first-order valence-corrected chi connectivity index (χ1v) is 10.2. The van der Waals surface area contributed by atoms with Gasteiger partial charge in [0, 0.05) is 0 Å². The summed E-state index contributed by atoms with van der Waals surface area (Å²) in [4.78, 5) is 11.0. The molecule has 140 valence electrons. The van der Waals surface area contributed by atoms with E-state index in [0.717, 1.165) is 19.3 Å². The number of hydrogen-bond acceptors (Lipinski definition) is 2. The topological polar surface area (TPSA) is 49.8 Å². The van der Waals surface area contributed by atoms with Crippen LogP contribution in [0.5, 0.6) is 0 Å². The van der Waals surface area contributed by atoms with Gasteiger partial charge in [-0.15, -0.1) is 6.58 Å². The summed E-state index contributed by atoms with van der Waals surface area (Å²) in [5, 5.41) is 9.08. The van der Waals surface area contributed by atoms with Gasteiger partial charge in [-0.3, -0.25) is 4.79 Å². The molecule has 1 N–H and O–H groups in total. The first-order valence-electron chi connectivity index (χ1n) is 10.2. The molecular weight excluding hydrogens is 300 g/mol. The van der Waals surface area contributed by atoms with Gasteiger partial charge in [0.25, 0.3) is 0 Å². The summed E-state index contributed by atoms with van der Waals surface area (Å²) in [5.41, 5.74) is 0. The Labute approximate surface area is 148 Å². The number of ether oxygens (including phenoxy) is 1. The van der Waals surface area contributed by atoms with Crippen molar-refractivity contribution in [3.8, 4) is 0 Å². The summed E-state index contributed by atoms with van der Waals surface area (Å²) in [6, 6.07) is 0. The normalized spacial score (nSPS) is 20.7. The van der Waals surface area contributed by atoms with E-state index < -0.39 is 5.97 Å². The van der Waals surface area contributed by atoms with Crippen molar-refractivity contribution in [3.63, 3.8) is 0 Å². The first kappa shape index (κ1) is 21.2. The lowest BCUT2D eigenvalue weighted by Gasteiger charge is -2.09. The van der Waals surface area contributed by atoms with Crippen molar-refractivity contribution < 1.29 is 14.6 Å². The van der Waals surface area contributed by atoms with E-state index in [0.29, 0.717) is 18.6 Å². The molecule has 3 nitrogen and oxygen atoms in total. The quantitative estimate of drug-likeness (QED) is 0.197. The van der Waals surface area contributed by atoms with Crippen LogP contribution in [0.2, 0.25) is 0 Å². The summed E-state index contributed by atoms with van der Waals surface area (Å²) >= 11 is 0. The van der Waals surface area contributed by atoms with Gasteiger partial charge in [-0.05, 0) is 25.7 Å². The van der Waals surface area contributed by atoms with Crippen molar-refractivity contribution in [2.24, 2.45) is 5.92 Å². The molecule has 0 amide bonds. The van der Waals surface area contributed by atoms with Crippen molar-refractivity contribution >= 4 is 5.97 Å². The average Bonchev–Trinajstić information content (AvgIpc) is 3.31. The third kappa shape index (κ3) is 10.1. The van der Waals surface area contributed by atoms with E-state index in [-0.39, 0.29) is 5.92 Å². The van der Waals surface area contributed by atoms with Crippen LogP contribution < -0.4 is 0 Å². The zero-order valence-electron chi connectivity index (χ0n) is 15.7. The molecule has 0 spiro atoms. The minimum Gasteiger partial charge on any atom is -0.481 e. The summed E-state index contributed by atoms with van der Waals surface area (Å²) in [6.45, 7) is 5.89. The Morgan fingerprint density at radius 3 is 2.08 bits per heavy atom. The Balaban J connectivity index is 1.87. The Morgan fingerprint density at radius 2 is 1.54 bits per heavy atom. The zero-order chi connectivity index (χ0) is 17.6. The minimum absolute atomic E-state index is 0.240. The number of rotatable bonds is 17. The van der Waals surface area contributed by atoms with Crippen LogP contribution in [0.4, 0.5) is 0 Å². The molecule has 0 aromatic heterocycles. The van der Waals surface area contributed by atoms with E-state index in [1.54, 1.807) is 6.08 Å². The van der Waals surface area contributed by atoms with Crippen LogP contribution in [0, 0.1) is 5.92 Å². The zero-order valence-corrected chi connectivity index (χ0v) is 15.7. The van der Waals surface area contributed by atoms with Crippen LogP contribution in [0.3, 0.4) is 0 Å². The highest BCUT2D eigenvalue weighted by Gasteiger charge is 2.36. The van der Waals surface area contributed by atoms with E-state index in [1.807, 2.05) is 0 Å². The summed E-state index contributed by atoms with van der Waals surface area (Å²) < 4.78 is 5.76. The van der Waals surface area contributed by atoms with E-state index in [4.69, 9.17) is 9.84 Å². The third-order valence-corrected chi connectivity index (χ3v) is 5.12. The molecule has 1 fully saturated rings. The fraction of sp³-hybridized carbons (Fsp3) is 0.857. The minimum atomic E-state index is -0.682. The maximum absolute atomic E-state index is 11.0. The largest absolute Gasteiger partial charge is 0.481 e. The molecule has 24 heavy (non-hydrogen) atoms. The van der Waals surface area contributed by atoms with Crippen LogP contribution in [-0.4, -0.2) is 23.3 Å². The number of unbranched alkanes of at least 4 members (excludes halogenated alkanes) is 8. The van der Waals surface area contributed by atoms with Crippen LogP contribution in [0.25, 0.3) is 0 Å². The Hall–Kier alpha value is -0.830. The van der Waals surface area contributed by atoms with Crippen molar-refractivity contribution in [2.75, 3.05) is 0 Å². The van der Waals surface area contributed by atoms with E-state index >= 15 is 0 Å². The molecule has 3 heteroatoms. The maximum atomic E-state index is 11.0. The van der Waals surface area contributed by atoms with Gasteiger partial charge in [-0.2, -0.15) is 0 Å². The third-order valence-electron chi connectivity index (χ3n) is 5.12. The smallest absolute Gasteiger partial charge is 0.306 e. The van der Waals surface area contributed by atoms with Gasteiger partial charge < -0.3 is 9.84 Å². The van der Waals surface area contributed by atoms with Crippen LogP contribution >= 0.6 is 0 Å². The summed E-state index contributed by atoms with van der Waals surface area (Å²) in [6.07, 6.45) is 19.3. The highest BCUT2D eigenvalue weighted by molar-refractivity contribution is 5.70. The highest BCUT2D eigenvalue weighted by Crippen LogP contribution is 2.32. The molecule has 0 aromatic rings. The van der Waals surface area contributed by atoms with Gasteiger partial charge in [-0.1, -0.05) is 77.2 Å². The van der Waals surface area contributed by atoms with Gasteiger partial charge in [0.1, 0.15) is 0 Å². The second-order valence-electron chi connectivity index (χ2n) is 7.32. The second-order valence-corrected chi connectivity index (χ2v) is 7.32. The molecule has 1 rings (SSSR count). The monoisotopic (exact) mass is 338 g/mol. The number of aliphatic carboxylic acids is 1. The summed E-state index contributed by atoms with van der Waals surface area (Å²) in [5.74, 6) is -0.921. The molecule has 1 saturated heterocycles. The molecule has 1 aliphatic rings. The molecular formula is C21H38O3. The van der Waals surface area contributed by atoms with Crippen LogP contribution in [0.1, 0.15) is 96.8 Å². The molecule has 3 unspecified atom stereocenters. The van der Waals surface area contributed by atoms with Gasteiger partial charge in [0.2, 0.25) is 0 Å². The lowest BCUT2D eigenvalue weighted by Crippen LogP contribution is -2.12. The number of carboxylic acids is 1. The molecule has 0 aliphatic carbocycles. The molecule has 3 atom stereocenters. The Kier molecular flexibility index (Phi) is 11.9. The maximum Gasteiger partial charge on any atom is 0.306 e. The molecule has 1 aliphatic heterocycles. The average molecular weight is 339 g/mol. The molecule has 0 aromatic carbocycles. The van der Waals surface area contributed by atoms with Crippen molar-refractivity contribution in [1.82, 2.24) is 0 Å². The molecule has 1 heterocycles. The summed E-state index contributed by atoms with van der Waals surface area (Å²) in [7, 11) is 0. The fourth-order valence-electron chi connectivity index (χ4n) is 3.45. The van der Waals surface area contributed by atoms with Crippen LogP contribution in [-0.2, 0) is 9.53 Å². The van der Waals surface area contributed by atoms with Gasteiger partial charge in [0.15, 0.2) is 0 Å². The fourth-order valence-corrected chi connectivity index (χ4v) is 3.45. The van der Waals surface area contributed by atoms with E-state index in [9.17, 15) is 4.79 Å². The predicted molar refractivity (Wildman–Crippen MR) is 100 cm³/mol. The first-order chi connectivity index (χ1) is 11.7. The number of carbonyl (C=O) groups is 1. The van der Waals surface area contributed by atoms with Crippen molar-refractivity contribution in [3.05, 3.63) is 12.7 Å². The standard InChI is InChI=1S/C21H38O3/c1-3-5-6-7-8-12-16-19-20(24-19)17-13-10-9-11-15-18(14-4-2)21(22)23/h4,18-20H,2-3,5-17H2,1H3,(H,22,23). The number of carboxylic acid groups (broad SMARTS) is 1. The highest BCUT2D eigenvalue weighted by atomic mass is 16.6. The predicted octanol–water partition coefficient (Wildman–Crippen LogP) is 6.12. The number of epoxide rings is 1. The Bertz CT molecular complexity index is 340. The number of hydrogen-bond donors (Lipinski definition) is 1. The Morgan fingerprint density at radius 1 is 1.00 bits per heavy atom.